The lowest BCUT2D eigenvalue weighted by Gasteiger charge is -2.25. The first kappa shape index (κ1) is 12.8. The molecule has 0 fully saturated rings. The molecule has 0 aliphatic rings. The van der Waals surface area contributed by atoms with Crippen LogP contribution in [0.25, 0.3) is 0 Å². The Kier molecular flexibility index (Phi) is 7.69. The lowest BCUT2D eigenvalue weighted by Crippen LogP contribution is -2.40. The van der Waals surface area contributed by atoms with E-state index < -0.39 is 0 Å². The summed E-state index contributed by atoms with van der Waals surface area (Å²) in [5, 5.41) is 4.62. The molecule has 0 aliphatic carbocycles. The van der Waals surface area contributed by atoms with Crippen molar-refractivity contribution >= 4 is 27.7 Å². The molecule has 0 saturated carbocycles. The number of alkyl halides is 1. The van der Waals surface area contributed by atoms with Crippen molar-refractivity contribution in [3.63, 3.8) is 0 Å². The van der Waals surface area contributed by atoms with Crippen LogP contribution in [0.15, 0.2) is 0 Å². The monoisotopic (exact) mass is 253 g/mol. The Morgan fingerprint density at radius 1 is 1.42 bits per heavy atom. The first-order valence-corrected chi connectivity index (χ1v) is 6.78. The van der Waals surface area contributed by atoms with Crippen LogP contribution in [-0.2, 0) is 0 Å². The number of nitrogens with one attached hydrogen (secondary N) is 1. The fourth-order valence-electron chi connectivity index (χ4n) is 0.931. The maximum absolute atomic E-state index is 3.54. The quantitative estimate of drug-likeness (QED) is 0.554. The summed E-state index contributed by atoms with van der Waals surface area (Å²) in [5.74, 6) is 2.45. The average molecular weight is 254 g/mol. The van der Waals surface area contributed by atoms with Gasteiger partial charge in [-0.1, -0.05) is 22.9 Å². The van der Waals surface area contributed by atoms with E-state index in [9.17, 15) is 0 Å². The normalized spacial score (nSPS) is 12.0. The van der Waals surface area contributed by atoms with Crippen LogP contribution in [0, 0.1) is 0 Å². The predicted molar refractivity (Wildman–Crippen MR) is 63.5 cm³/mol. The first-order valence-electron chi connectivity index (χ1n) is 4.51. The van der Waals surface area contributed by atoms with E-state index in [1.54, 1.807) is 0 Å². The molecule has 0 saturated heterocycles. The third-order valence-electron chi connectivity index (χ3n) is 1.77. The molecule has 0 aliphatic heterocycles. The highest BCUT2D eigenvalue weighted by atomic mass is 79.9. The second-order valence-electron chi connectivity index (χ2n) is 3.45. The van der Waals surface area contributed by atoms with Crippen LogP contribution >= 0.6 is 27.7 Å². The molecule has 0 aromatic rings. The van der Waals surface area contributed by atoms with Gasteiger partial charge in [0.15, 0.2) is 0 Å². The van der Waals surface area contributed by atoms with Crippen LogP contribution in [0.3, 0.4) is 0 Å². The van der Waals surface area contributed by atoms with Crippen molar-refractivity contribution in [2.75, 3.05) is 23.4 Å². The van der Waals surface area contributed by atoms with E-state index in [0.717, 1.165) is 11.9 Å². The fraction of sp³-hybridized carbons (Fsp3) is 1.00. The molecular formula is C9H20BrNS. The lowest BCUT2D eigenvalue weighted by molar-refractivity contribution is 0.392. The van der Waals surface area contributed by atoms with Gasteiger partial charge in [0.05, 0.1) is 0 Å². The van der Waals surface area contributed by atoms with Gasteiger partial charge in [0.25, 0.3) is 0 Å². The zero-order chi connectivity index (χ0) is 9.45. The number of hydrogen-bond acceptors (Lipinski definition) is 2. The van der Waals surface area contributed by atoms with E-state index in [1.165, 1.54) is 17.9 Å². The summed E-state index contributed by atoms with van der Waals surface area (Å²) in [4.78, 5) is 0. The summed E-state index contributed by atoms with van der Waals surface area (Å²) in [6, 6.07) is 0. The maximum atomic E-state index is 3.54. The number of hydrogen-bond donors (Lipinski definition) is 1. The molecular weight excluding hydrogens is 234 g/mol. The molecule has 0 bridgehead atoms. The minimum absolute atomic E-state index is 0.289. The first-order chi connectivity index (χ1) is 5.62. The SMILES string of the molecule is CCSCCNC(C)(C)CCBr. The molecule has 0 rings (SSSR count). The number of halogens is 1. The number of thioether (sulfide) groups is 1. The van der Waals surface area contributed by atoms with Crippen LogP contribution in [0.5, 0.6) is 0 Å². The molecule has 0 amide bonds. The molecule has 0 heterocycles. The highest BCUT2D eigenvalue weighted by Gasteiger charge is 2.14. The Morgan fingerprint density at radius 3 is 2.58 bits per heavy atom. The molecule has 0 aromatic carbocycles. The largest absolute Gasteiger partial charge is 0.311 e. The van der Waals surface area contributed by atoms with Gasteiger partial charge in [-0.3, -0.25) is 0 Å². The predicted octanol–water partition coefficient (Wildman–Crippen LogP) is 2.89. The van der Waals surface area contributed by atoms with E-state index >= 15 is 0 Å². The van der Waals surface area contributed by atoms with Gasteiger partial charge in [0, 0.05) is 23.2 Å². The molecule has 0 unspecified atom stereocenters. The molecule has 74 valence electrons. The smallest absolute Gasteiger partial charge is 0.0133 e. The van der Waals surface area contributed by atoms with Gasteiger partial charge in [0.2, 0.25) is 0 Å². The minimum Gasteiger partial charge on any atom is -0.311 e. The molecule has 12 heavy (non-hydrogen) atoms. The Hall–Kier alpha value is 0.790. The van der Waals surface area contributed by atoms with E-state index in [1.807, 2.05) is 11.8 Å². The zero-order valence-corrected chi connectivity index (χ0v) is 10.7. The second kappa shape index (κ2) is 7.22. The fourth-order valence-corrected chi connectivity index (χ4v) is 2.46. The van der Waals surface area contributed by atoms with Crippen molar-refractivity contribution in [2.45, 2.75) is 32.7 Å². The van der Waals surface area contributed by atoms with Gasteiger partial charge in [-0.2, -0.15) is 11.8 Å². The van der Waals surface area contributed by atoms with Gasteiger partial charge in [-0.05, 0) is 26.0 Å². The number of rotatable bonds is 7. The molecule has 3 heteroatoms. The zero-order valence-electron chi connectivity index (χ0n) is 8.32. The molecule has 1 N–H and O–H groups in total. The summed E-state index contributed by atoms with van der Waals surface area (Å²) < 4.78 is 0. The molecule has 0 aromatic heterocycles. The second-order valence-corrected chi connectivity index (χ2v) is 5.63. The summed E-state index contributed by atoms with van der Waals surface area (Å²) in [6.45, 7) is 7.84. The Bertz CT molecular complexity index is 107. The topological polar surface area (TPSA) is 12.0 Å². The molecule has 1 nitrogen and oxygen atoms in total. The van der Waals surface area contributed by atoms with E-state index in [4.69, 9.17) is 0 Å². The lowest BCUT2D eigenvalue weighted by atomic mass is 10.0. The van der Waals surface area contributed by atoms with Crippen molar-refractivity contribution < 1.29 is 0 Å². The minimum atomic E-state index is 0.289. The van der Waals surface area contributed by atoms with Crippen molar-refractivity contribution in [3.8, 4) is 0 Å². The van der Waals surface area contributed by atoms with E-state index in [-0.39, 0.29) is 5.54 Å². The highest BCUT2D eigenvalue weighted by molar-refractivity contribution is 9.09. The average Bonchev–Trinajstić information content (AvgIpc) is 1.98. The van der Waals surface area contributed by atoms with Crippen molar-refractivity contribution in [1.29, 1.82) is 0 Å². The van der Waals surface area contributed by atoms with Gasteiger partial charge in [-0.15, -0.1) is 0 Å². The van der Waals surface area contributed by atoms with Crippen LogP contribution in [-0.4, -0.2) is 28.9 Å². The standard InChI is InChI=1S/C9H20BrNS/c1-4-12-8-7-11-9(2,3)5-6-10/h11H,4-8H2,1-3H3. The van der Waals surface area contributed by atoms with Gasteiger partial charge in [-0.25, -0.2) is 0 Å². The van der Waals surface area contributed by atoms with Crippen LogP contribution in [0.4, 0.5) is 0 Å². The van der Waals surface area contributed by atoms with Crippen molar-refractivity contribution in [2.24, 2.45) is 0 Å². The van der Waals surface area contributed by atoms with Gasteiger partial charge in [0.1, 0.15) is 0 Å². The summed E-state index contributed by atoms with van der Waals surface area (Å²) in [7, 11) is 0. The van der Waals surface area contributed by atoms with Crippen LogP contribution in [0.2, 0.25) is 0 Å². The molecule has 0 atom stereocenters. The maximum Gasteiger partial charge on any atom is 0.0133 e. The Balaban J connectivity index is 3.33. The summed E-state index contributed by atoms with van der Waals surface area (Å²) in [5.41, 5.74) is 0.289. The molecule has 0 spiro atoms. The Morgan fingerprint density at radius 2 is 2.08 bits per heavy atom. The van der Waals surface area contributed by atoms with Crippen molar-refractivity contribution in [1.82, 2.24) is 5.32 Å². The van der Waals surface area contributed by atoms with Crippen molar-refractivity contribution in [3.05, 3.63) is 0 Å². The van der Waals surface area contributed by atoms with Gasteiger partial charge < -0.3 is 5.32 Å². The van der Waals surface area contributed by atoms with Crippen LogP contribution in [0.1, 0.15) is 27.2 Å². The van der Waals surface area contributed by atoms with Gasteiger partial charge >= 0.3 is 0 Å². The third kappa shape index (κ3) is 7.44. The van der Waals surface area contributed by atoms with E-state index in [2.05, 4.69) is 42.0 Å². The highest BCUT2D eigenvalue weighted by Crippen LogP contribution is 2.09. The Labute approximate surface area is 89.2 Å². The molecule has 0 radical (unpaired) electrons. The summed E-state index contributed by atoms with van der Waals surface area (Å²) in [6.07, 6.45) is 1.18. The van der Waals surface area contributed by atoms with Crippen LogP contribution < -0.4 is 5.32 Å². The summed E-state index contributed by atoms with van der Waals surface area (Å²) >= 11 is 5.46. The van der Waals surface area contributed by atoms with E-state index in [0.29, 0.717) is 0 Å². The third-order valence-corrected chi connectivity index (χ3v) is 3.07.